The van der Waals surface area contributed by atoms with Gasteiger partial charge in [0, 0.05) is 11.6 Å². The number of carbonyl (C=O) groups excluding carboxylic acids is 2. The fourth-order valence-corrected chi connectivity index (χ4v) is 4.22. The lowest BCUT2D eigenvalue weighted by atomic mass is 10.2. The quantitative estimate of drug-likeness (QED) is 0.523. The summed E-state index contributed by atoms with van der Waals surface area (Å²) in [6.07, 6.45) is 1.56. The smallest absolute Gasteiger partial charge is 0.293 e. The van der Waals surface area contributed by atoms with Crippen molar-refractivity contribution in [2.45, 2.75) is 26.5 Å². The van der Waals surface area contributed by atoms with E-state index in [0.717, 1.165) is 11.8 Å². The lowest BCUT2D eigenvalue weighted by Gasteiger charge is -2.16. The second kappa shape index (κ2) is 8.55. The van der Waals surface area contributed by atoms with Crippen LogP contribution in [-0.2, 0) is 11.4 Å². The second-order valence-electron chi connectivity index (χ2n) is 6.34. The third-order valence-electron chi connectivity index (χ3n) is 3.99. The fraction of sp³-hybridized carbons (Fsp3) is 0.200. The molecule has 28 heavy (non-hydrogen) atoms. The monoisotopic (exact) mass is 439 g/mol. The summed E-state index contributed by atoms with van der Waals surface area (Å²) in [5.74, 6) is -0.511. The molecule has 3 rings (SSSR count). The van der Waals surface area contributed by atoms with Crippen LogP contribution in [0.3, 0.4) is 0 Å². The van der Waals surface area contributed by atoms with Gasteiger partial charge < -0.3 is 4.74 Å². The minimum absolute atomic E-state index is 0.0290. The first-order valence-electron chi connectivity index (χ1n) is 8.40. The van der Waals surface area contributed by atoms with Crippen LogP contribution in [0, 0.1) is 5.82 Å². The topological polar surface area (TPSA) is 46.6 Å². The van der Waals surface area contributed by atoms with Crippen molar-refractivity contribution in [2.75, 3.05) is 0 Å². The first-order valence-corrected chi connectivity index (χ1v) is 9.97. The summed E-state index contributed by atoms with van der Waals surface area (Å²) in [5.41, 5.74) is 0.934. The predicted molar refractivity (Wildman–Crippen MR) is 110 cm³/mol. The average Bonchev–Trinajstić information content (AvgIpc) is 2.89. The van der Waals surface area contributed by atoms with Crippen molar-refractivity contribution in [1.82, 2.24) is 4.90 Å². The van der Waals surface area contributed by atoms with Crippen molar-refractivity contribution < 1.29 is 18.7 Å². The Morgan fingerprint density at radius 2 is 1.82 bits per heavy atom. The highest BCUT2D eigenvalue weighted by molar-refractivity contribution is 8.18. The Morgan fingerprint density at radius 1 is 1.18 bits per heavy atom. The van der Waals surface area contributed by atoms with Crippen LogP contribution >= 0.6 is 35.0 Å². The zero-order chi connectivity index (χ0) is 20.4. The Hall–Kier alpha value is -2.02. The molecule has 8 heteroatoms. The van der Waals surface area contributed by atoms with Crippen LogP contribution in [0.2, 0.25) is 10.0 Å². The standard InChI is InChI=1S/C20H16Cl2FNO3S/c1-11(2)24-19(25)17(28-20(24)26)9-12-7-14(21)18(15(22)8-12)27-10-13-5-3-4-6-16(13)23/h3-9,11H,10H2,1-2H3/b17-9-. The van der Waals surface area contributed by atoms with Gasteiger partial charge in [-0.1, -0.05) is 41.4 Å². The van der Waals surface area contributed by atoms with E-state index in [2.05, 4.69) is 0 Å². The third kappa shape index (κ3) is 4.35. The highest BCUT2D eigenvalue weighted by Gasteiger charge is 2.36. The second-order valence-corrected chi connectivity index (χ2v) is 8.15. The van der Waals surface area contributed by atoms with Crippen molar-refractivity contribution in [3.8, 4) is 5.75 Å². The van der Waals surface area contributed by atoms with Crippen LogP contribution in [0.15, 0.2) is 41.3 Å². The van der Waals surface area contributed by atoms with E-state index in [0.29, 0.717) is 16.0 Å². The molecule has 146 valence electrons. The zero-order valence-electron chi connectivity index (χ0n) is 15.0. The SMILES string of the molecule is CC(C)N1C(=O)S/C(=C\c2cc(Cl)c(OCc3ccccc3F)c(Cl)c2)C1=O. The number of ether oxygens (including phenoxy) is 1. The predicted octanol–water partition coefficient (Wildman–Crippen LogP) is 6.16. The molecule has 0 spiro atoms. The minimum atomic E-state index is -0.382. The maximum atomic E-state index is 13.7. The molecule has 0 radical (unpaired) electrons. The van der Waals surface area contributed by atoms with E-state index in [-0.39, 0.29) is 45.4 Å². The Kier molecular flexibility index (Phi) is 6.33. The highest BCUT2D eigenvalue weighted by Crippen LogP contribution is 2.38. The van der Waals surface area contributed by atoms with Gasteiger partial charge in [0.15, 0.2) is 5.75 Å². The first kappa shape index (κ1) is 20.7. The van der Waals surface area contributed by atoms with E-state index in [4.69, 9.17) is 27.9 Å². The van der Waals surface area contributed by atoms with Crippen LogP contribution in [0.4, 0.5) is 9.18 Å². The highest BCUT2D eigenvalue weighted by atomic mass is 35.5. The van der Waals surface area contributed by atoms with Crippen molar-refractivity contribution in [2.24, 2.45) is 0 Å². The largest absolute Gasteiger partial charge is 0.486 e. The van der Waals surface area contributed by atoms with Gasteiger partial charge in [-0.05, 0) is 55.4 Å². The molecule has 2 amide bonds. The first-order chi connectivity index (χ1) is 13.3. The summed E-state index contributed by atoms with van der Waals surface area (Å²) >= 11 is 13.4. The lowest BCUT2D eigenvalue weighted by Crippen LogP contribution is -2.34. The van der Waals surface area contributed by atoms with Crippen molar-refractivity contribution in [1.29, 1.82) is 0 Å². The van der Waals surface area contributed by atoms with Crippen LogP contribution in [0.5, 0.6) is 5.75 Å². The van der Waals surface area contributed by atoms with Gasteiger partial charge in [0.25, 0.3) is 11.1 Å². The van der Waals surface area contributed by atoms with E-state index >= 15 is 0 Å². The summed E-state index contributed by atoms with van der Waals surface area (Å²) in [5, 5.41) is 0.129. The Morgan fingerprint density at radius 3 is 2.39 bits per heavy atom. The van der Waals surface area contributed by atoms with Gasteiger partial charge >= 0.3 is 0 Å². The Labute approximate surface area is 176 Å². The minimum Gasteiger partial charge on any atom is -0.486 e. The molecule has 0 atom stereocenters. The van der Waals surface area contributed by atoms with E-state index in [1.54, 1.807) is 50.3 Å². The molecule has 2 aromatic rings. The molecule has 1 saturated heterocycles. The fourth-order valence-electron chi connectivity index (χ4n) is 2.64. The molecule has 1 aliphatic rings. The van der Waals surface area contributed by atoms with Gasteiger partial charge in [0.2, 0.25) is 0 Å². The molecule has 0 aromatic heterocycles. The van der Waals surface area contributed by atoms with Gasteiger partial charge in [0.05, 0.1) is 15.0 Å². The van der Waals surface area contributed by atoms with Crippen molar-refractivity contribution in [3.05, 3.63) is 68.3 Å². The van der Waals surface area contributed by atoms with E-state index < -0.39 is 0 Å². The van der Waals surface area contributed by atoms with Crippen molar-refractivity contribution in [3.63, 3.8) is 0 Å². The maximum absolute atomic E-state index is 13.7. The summed E-state index contributed by atoms with van der Waals surface area (Å²) < 4.78 is 19.3. The molecular weight excluding hydrogens is 424 g/mol. The van der Waals surface area contributed by atoms with E-state index in [9.17, 15) is 14.0 Å². The zero-order valence-corrected chi connectivity index (χ0v) is 17.4. The number of thioether (sulfide) groups is 1. The van der Waals surface area contributed by atoms with Gasteiger partial charge in [-0.3, -0.25) is 14.5 Å². The van der Waals surface area contributed by atoms with Crippen LogP contribution in [0.1, 0.15) is 25.0 Å². The van der Waals surface area contributed by atoms with Crippen LogP contribution in [-0.4, -0.2) is 22.1 Å². The van der Waals surface area contributed by atoms with Gasteiger partial charge in [-0.25, -0.2) is 4.39 Å². The molecule has 2 aromatic carbocycles. The molecule has 1 fully saturated rings. The van der Waals surface area contributed by atoms with E-state index in [1.165, 1.54) is 11.0 Å². The molecule has 0 saturated carbocycles. The third-order valence-corrected chi connectivity index (χ3v) is 5.43. The number of hydrogen-bond acceptors (Lipinski definition) is 4. The molecule has 4 nitrogen and oxygen atoms in total. The maximum Gasteiger partial charge on any atom is 0.293 e. The van der Waals surface area contributed by atoms with Crippen LogP contribution in [0.25, 0.3) is 6.08 Å². The normalized spacial score (nSPS) is 15.8. The lowest BCUT2D eigenvalue weighted by molar-refractivity contribution is -0.123. The number of hydrogen-bond donors (Lipinski definition) is 0. The summed E-state index contributed by atoms with van der Waals surface area (Å²) in [6, 6.07) is 9.18. The Balaban J connectivity index is 1.82. The number of nitrogens with zero attached hydrogens (tertiary/aromatic N) is 1. The average molecular weight is 440 g/mol. The molecule has 1 heterocycles. The Bertz CT molecular complexity index is 955. The number of carbonyl (C=O) groups is 2. The molecule has 1 aliphatic heterocycles. The number of halogens is 3. The molecule has 0 N–H and O–H groups in total. The number of imide groups is 1. The number of benzene rings is 2. The molecule has 0 bridgehead atoms. The number of amides is 2. The molecule has 0 aliphatic carbocycles. The van der Waals surface area contributed by atoms with Crippen molar-refractivity contribution >= 4 is 52.2 Å². The van der Waals surface area contributed by atoms with Crippen LogP contribution < -0.4 is 4.74 Å². The van der Waals surface area contributed by atoms with Gasteiger partial charge in [-0.15, -0.1) is 0 Å². The molecular formula is C20H16Cl2FNO3S. The summed E-state index contributed by atoms with van der Waals surface area (Å²) in [7, 11) is 0. The summed E-state index contributed by atoms with van der Waals surface area (Å²) in [4.78, 5) is 25.9. The van der Waals surface area contributed by atoms with E-state index in [1.807, 2.05) is 0 Å². The number of rotatable bonds is 5. The summed E-state index contributed by atoms with van der Waals surface area (Å²) in [6.45, 7) is 3.52. The van der Waals surface area contributed by atoms with Gasteiger partial charge in [0.1, 0.15) is 12.4 Å². The molecule has 0 unspecified atom stereocenters. The van der Waals surface area contributed by atoms with Gasteiger partial charge in [-0.2, -0.15) is 0 Å².